The average molecular weight is 330 g/mol. The molecule has 2 aliphatic heterocycles. The lowest BCUT2D eigenvalue weighted by molar-refractivity contribution is 0.0183. The van der Waals surface area contributed by atoms with Gasteiger partial charge in [-0.2, -0.15) is 0 Å². The van der Waals surface area contributed by atoms with Crippen LogP contribution in [-0.2, 0) is 4.74 Å². The third-order valence-electron chi connectivity index (χ3n) is 4.39. The van der Waals surface area contributed by atoms with E-state index in [1.165, 1.54) is 11.3 Å². The molecule has 0 aliphatic carbocycles. The van der Waals surface area contributed by atoms with Crippen molar-refractivity contribution in [3.63, 3.8) is 0 Å². The first-order chi connectivity index (χ1) is 11.3. The topological polar surface area (TPSA) is 66.5 Å². The van der Waals surface area contributed by atoms with Crippen molar-refractivity contribution < 1.29 is 9.53 Å². The van der Waals surface area contributed by atoms with Gasteiger partial charge in [0.1, 0.15) is 11.8 Å². The van der Waals surface area contributed by atoms with Crippen molar-refractivity contribution in [3.8, 4) is 0 Å². The molecule has 130 valence electrons. The minimum absolute atomic E-state index is 0.0187. The number of hydrogen-bond acceptors (Lipinski definition) is 5. The fourth-order valence-corrected chi connectivity index (χ4v) is 3.18. The summed E-state index contributed by atoms with van der Waals surface area (Å²) in [6.07, 6.45) is 2.39. The molecule has 1 aromatic rings. The molecule has 0 fully saturated rings. The van der Waals surface area contributed by atoms with Crippen molar-refractivity contribution in [1.29, 1.82) is 0 Å². The summed E-state index contributed by atoms with van der Waals surface area (Å²) in [6.45, 7) is 9.14. The first-order valence-electron chi connectivity index (χ1n) is 8.47. The SMILES string of the molecule is CC1C2=C(CCN1C(=O)OC(C)(C)C)NC(c1ccccn1)NC2. The van der Waals surface area contributed by atoms with Crippen LogP contribution < -0.4 is 10.6 Å². The largest absolute Gasteiger partial charge is 0.444 e. The summed E-state index contributed by atoms with van der Waals surface area (Å²) in [6, 6.07) is 5.94. The van der Waals surface area contributed by atoms with Crippen molar-refractivity contribution in [1.82, 2.24) is 20.5 Å². The number of carbonyl (C=O) groups is 1. The van der Waals surface area contributed by atoms with Crippen LogP contribution in [-0.4, -0.2) is 40.7 Å². The Balaban J connectivity index is 1.72. The smallest absolute Gasteiger partial charge is 0.410 e. The maximum absolute atomic E-state index is 12.4. The molecule has 0 radical (unpaired) electrons. The van der Waals surface area contributed by atoms with Gasteiger partial charge in [-0.15, -0.1) is 0 Å². The second-order valence-electron chi connectivity index (χ2n) is 7.32. The van der Waals surface area contributed by atoms with Gasteiger partial charge < -0.3 is 15.0 Å². The van der Waals surface area contributed by atoms with Crippen molar-refractivity contribution in [2.75, 3.05) is 13.1 Å². The highest BCUT2D eigenvalue weighted by atomic mass is 16.6. The van der Waals surface area contributed by atoms with Gasteiger partial charge in [-0.3, -0.25) is 10.3 Å². The number of carbonyl (C=O) groups excluding carboxylic acids is 1. The van der Waals surface area contributed by atoms with Gasteiger partial charge in [0.05, 0.1) is 11.7 Å². The normalized spacial score (nSPS) is 24.2. The van der Waals surface area contributed by atoms with Gasteiger partial charge in [-0.25, -0.2) is 4.79 Å². The Morgan fingerprint density at radius 3 is 2.83 bits per heavy atom. The number of hydrogen-bond donors (Lipinski definition) is 2. The summed E-state index contributed by atoms with van der Waals surface area (Å²) in [4.78, 5) is 18.6. The highest BCUT2D eigenvalue weighted by Crippen LogP contribution is 2.28. The maximum atomic E-state index is 12.4. The standard InChI is InChI=1S/C18H26N4O2/c1-12-13-11-20-16(15-7-5-6-9-19-15)21-14(13)8-10-22(12)17(23)24-18(2,3)4/h5-7,9,12,16,20-21H,8,10-11H2,1-4H3. The lowest BCUT2D eigenvalue weighted by Gasteiger charge is -2.41. The second-order valence-corrected chi connectivity index (χ2v) is 7.32. The monoisotopic (exact) mass is 330 g/mol. The number of nitrogens with zero attached hydrogens (tertiary/aromatic N) is 2. The predicted octanol–water partition coefficient (Wildman–Crippen LogP) is 2.56. The number of rotatable bonds is 1. The molecule has 6 heteroatoms. The average Bonchev–Trinajstić information content (AvgIpc) is 2.54. The Labute approximate surface area is 143 Å². The lowest BCUT2D eigenvalue weighted by Crippen LogP contribution is -2.52. The zero-order chi connectivity index (χ0) is 17.3. The van der Waals surface area contributed by atoms with Gasteiger partial charge in [0.15, 0.2) is 0 Å². The zero-order valence-electron chi connectivity index (χ0n) is 14.8. The molecule has 2 aliphatic rings. The van der Waals surface area contributed by atoms with E-state index in [0.29, 0.717) is 6.54 Å². The summed E-state index contributed by atoms with van der Waals surface area (Å²) in [5.41, 5.74) is 2.95. The number of ether oxygens (including phenoxy) is 1. The van der Waals surface area contributed by atoms with Crippen LogP contribution in [0.3, 0.4) is 0 Å². The van der Waals surface area contributed by atoms with Crippen LogP contribution in [0, 0.1) is 0 Å². The van der Waals surface area contributed by atoms with Crippen LogP contribution in [0.1, 0.15) is 46.0 Å². The van der Waals surface area contributed by atoms with Crippen LogP contribution >= 0.6 is 0 Å². The first-order valence-corrected chi connectivity index (χ1v) is 8.47. The minimum Gasteiger partial charge on any atom is -0.444 e. The van der Waals surface area contributed by atoms with Gasteiger partial charge in [0, 0.05) is 31.4 Å². The molecule has 2 unspecified atom stereocenters. The molecular weight excluding hydrogens is 304 g/mol. The zero-order valence-corrected chi connectivity index (χ0v) is 14.8. The number of pyridine rings is 1. The van der Waals surface area contributed by atoms with Gasteiger partial charge in [0.2, 0.25) is 0 Å². The molecule has 2 atom stereocenters. The second kappa shape index (κ2) is 6.43. The van der Waals surface area contributed by atoms with Crippen molar-refractivity contribution in [3.05, 3.63) is 41.4 Å². The molecule has 0 saturated heterocycles. The Morgan fingerprint density at radius 1 is 1.38 bits per heavy atom. The molecule has 3 rings (SSSR count). The summed E-state index contributed by atoms with van der Waals surface area (Å²) < 4.78 is 5.53. The molecule has 2 N–H and O–H groups in total. The molecule has 1 amide bonds. The number of aromatic nitrogens is 1. The van der Waals surface area contributed by atoms with E-state index >= 15 is 0 Å². The van der Waals surface area contributed by atoms with Crippen molar-refractivity contribution in [2.24, 2.45) is 0 Å². The van der Waals surface area contributed by atoms with Crippen LogP contribution in [0.5, 0.6) is 0 Å². The first kappa shape index (κ1) is 16.8. The molecule has 0 spiro atoms. The van der Waals surface area contributed by atoms with Gasteiger partial charge in [-0.1, -0.05) is 6.07 Å². The van der Waals surface area contributed by atoms with E-state index in [2.05, 4.69) is 22.5 Å². The Hall–Kier alpha value is -2.08. The van der Waals surface area contributed by atoms with E-state index < -0.39 is 5.60 Å². The van der Waals surface area contributed by atoms with E-state index in [1.807, 2.05) is 43.9 Å². The summed E-state index contributed by atoms with van der Waals surface area (Å²) in [5.74, 6) is 0. The van der Waals surface area contributed by atoms with Crippen LogP contribution in [0.25, 0.3) is 0 Å². The third kappa shape index (κ3) is 3.53. The molecule has 0 bridgehead atoms. The fourth-order valence-electron chi connectivity index (χ4n) is 3.18. The molecule has 6 nitrogen and oxygen atoms in total. The summed E-state index contributed by atoms with van der Waals surface area (Å²) >= 11 is 0. The van der Waals surface area contributed by atoms with E-state index in [4.69, 9.17) is 4.74 Å². The fraction of sp³-hybridized carbons (Fsp3) is 0.556. The van der Waals surface area contributed by atoms with Crippen molar-refractivity contribution in [2.45, 2.75) is 51.9 Å². The molecule has 1 aromatic heterocycles. The van der Waals surface area contributed by atoms with Gasteiger partial charge in [0.25, 0.3) is 0 Å². The van der Waals surface area contributed by atoms with E-state index in [-0.39, 0.29) is 18.3 Å². The molecule has 3 heterocycles. The van der Waals surface area contributed by atoms with Gasteiger partial charge in [-0.05, 0) is 45.4 Å². The molecule has 24 heavy (non-hydrogen) atoms. The minimum atomic E-state index is -0.474. The van der Waals surface area contributed by atoms with E-state index in [0.717, 1.165) is 18.7 Å². The Kier molecular flexibility index (Phi) is 4.49. The van der Waals surface area contributed by atoms with Gasteiger partial charge >= 0.3 is 6.09 Å². The van der Waals surface area contributed by atoms with E-state index in [9.17, 15) is 4.79 Å². The Bertz CT molecular complexity index is 636. The molecule has 0 aromatic carbocycles. The molecular formula is C18H26N4O2. The highest BCUT2D eigenvalue weighted by Gasteiger charge is 2.35. The summed E-state index contributed by atoms with van der Waals surface area (Å²) in [5, 5.41) is 7.00. The predicted molar refractivity (Wildman–Crippen MR) is 92.2 cm³/mol. The highest BCUT2D eigenvalue weighted by molar-refractivity contribution is 5.69. The summed E-state index contributed by atoms with van der Waals surface area (Å²) in [7, 11) is 0. The maximum Gasteiger partial charge on any atom is 0.410 e. The van der Waals surface area contributed by atoms with E-state index in [1.54, 1.807) is 6.20 Å². The van der Waals surface area contributed by atoms with Crippen LogP contribution in [0.2, 0.25) is 0 Å². The Morgan fingerprint density at radius 2 is 2.17 bits per heavy atom. The van der Waals surface area contributed by atoms with Crippen LogP contribution in [0.15, 0.2) is 35.7 Å². The third-order valence-corrected chi connectivity index (χ3v) is 4.39. The number of nitrogens with one attached hydrogen (secondary N) is 2. The number of amides is 1. The lowest BCUT2D eigenvalue weighted by atomic mass is 9.96. The quantitative estimate of drug-likeness (QED) is 0.828. The van der Waals surface area contributed by atoms with Crippen LogP contribution in [0.4, 0.5) is 4.79 Å². The van der Waals surface area contributed by atoms with Crippen molar-refractivity contribution >= 4 is 6.09 Å². The molecule has 0 saturated carbocycles.